The van der Waals surface area contributed by atoms with Crippen LogP contribution in [0.3, 0.4) is 0 Å². The molecule has 6 nitrogen and oxygen atoms in total. The number of hydrogen-bond donors (Lipinski definition) is 0. The van der Waals surface area contributed by atoms with Crippen molar-refractivity contribution in [2.75, 3.05) is 14.2 Å². The zero-order valence-electron chi connectivity index (χ0n) is 19.4. The van der Waals surface area contributed by atoms with Crippen molar-refractivity contribution < 1.29 is 19.0 Å². The first-order chi connectivity index (χ1) is 17.1. The number of methoxy groups -OCH3 is 2. The zero-order chi connectivity index (χ0) is 24.4. The number of nitrogens with zero attached hydrogens (tertiary/aromatic N) is 2. The molecule has 3 aromatic carbocycles. The van der Waals surface area contributed by atoms with Crippen LogP contribution in [-0.2, 0) is 9.53 Å². The van der Waals surface area contributed by atoms with Gasteiger partial charge in [-0.05, 0) is 55.0 Å². The van der Waals surface area contributed by atoms with Gasteiger partial charge in [-0.1, -0.05) is 48.2 Å². The Labute approximate surface area is 207 Å². The molecule has 174 valence electrons. The Balaban J connectivity index is 1.58. The van der Waals surface area contributed by atoms with Crippen molar-refractivity contribution in [1.29, 1.82) is 0 Å². The molecule has 0 fully saturated rings. The summed E-state index contributed by atoms with van der Waals surface area (Å²) in [5.74, 6) is 0.799. The lowest BCUT2D eigenvalue weighted by Crippen LogP contribution is -2.06. The number of fused-ring (bicyclic) bond motifs is 1. The van der Waals surface area contributed by atoms with Crippen LogP contribution in [0.1, 0.15) is 16.7 Å². The number of aliphatic imine (C=N–C) groups is 1. The van der Waals surface area contributed by atoms with E-state index >= 15 is 0 Å². The standard InChI is InChI=1S/C28H22N2O4S/c1-17-8-7-9-18-14-20(27(30-25(17)18)35-21-10-5-4-6-11-21)15-22-28(31)34-26(29-22)19-12-13-23(32-2)24(16-19)33-3/h4-16H,1-3H3. The second kappa shape index (κ2) is 9.64. The maximum absolute atomic E-state index is 12.7. The van der Waals surface area contributed by atoms with Crippen LogP contribution in [0.25, 0.3) is 17.0 Å². The first kappa shape index (κ1) is 22.7. The molecule has 5 rings (SSSR count). The van der Waals surface area contributed by atoms with Gasteiger partial charge in [-0.25, -0.2) is 14.8 Å². The number of carbonyl (C=O) groups is 1. The lowest BCUT2D eigenvalue weighted by atomic mass is 10.1. The third-order valence-corrected chi connectivity index (χ3v) is 6.57. The molecule has 0 spiro atoms. The summed E-state index contributed by atoms with van der Waals surface area (Å²) in [6.07, 6.45) is 1.73. The van der Waals surface area contributed by atoms with Crippen molar-refractivity contribution in [2.24, 2.45) is 4.99 Å². The van der Waals surface area contributed by atoms with E-state index in [1.807, 2.05) is 61.5 Å². The number of carbonyl (C=O) groups excluding carboxylic acids is 1. The fraction of sp³-hybridized carbons (Fsp3) is 0.107. The Morgan fingerprint density at radius 2 is 1.71 bits per heavy atom. The number of rotatable bonds is 6. The molecule has 0 atom stereocenters. The average molecular weight is 483 g/mol. The molecule has 0 saturated heterocycles. The first-order valence-electron chi connectivity index (χ1n) is 10.9. The van der Waals surface area contributed by atoms with E-state index in [1.54, 1.807) is 50.3 Å². The summed E-state index contributed by atoms with van der Waals surface area (Å²) in [4.78, 5) is 23.2. The number of benzene rings is 3. The normalized spacial score (nSPS) is 14.2. The Hall–Kier alpha value is -4.10. The van der Waals surface area contributed by atoms with Gasteiger partial charge >= 0.3 is 5.97 Å². The van der Waals surface area contributed by atoms with Crippen molar-refractivity contribution in [1.82, 2.24) is 4.98 Å². The van der Waals surface area contributed by atoms with Crippen LogP contribution in [0.4, 0.5) is 0 Å². The second-order valence-electron chi connectivity index (χ2n) is 7.85. The summed E-state index contributed by atoms with van der Waals surface area (Å²) in [5, 5.41) is 1.78. The molecule has 0 radical (unpaired) electrons. The molecule has 0 bridgehead atoms. The predicted molar refractivity (Wildman–Crippen MR) is 137 cm³/mol. The van der Waals surface area contributed by atoms with Gasteiger partial charge in [0, 0.05) is 21.4 Å². The minimum atomic E-state index is -0.519. The van der Waals surface area contributed by atoms with Crippen LogP contribution >= 0.6 is 11.8 Å². The molecule has 0 N–H and O–H groups in total. The first-order valence-corrected chi connectivity index (χ1v) is 11.8. The fourth-order valence-corrected chi connectivity index (χ4v) is 4.67. The minimum Gasteiger partial charge on any atom is -0.493 e. The highest BCUT2D eigenvalue weighted by Crippen LogP contribution is 2.34. The van der Waals surface area contributed by atoms with Gasteiger partial charge < -0.3 is 14.2 Å². The maximum atomic E-state index is 12.7. The summed E-state index contributed by atoms with van der Waals surface area (Å²) >= 11 is 1.54. The van der Waals surface area contributed by atoms with Crippen molar-refractivity contribution in [3.8, 4) is 11.5 Å². The minimum absolute atomic E-state index is 0.207. The number of esters is 1. The molecule has 7 heteroatoms. The topological polar surface area (TPSA) is 70.0 Å². The summed E-state index contributed by atoms with van der Waals surface area (Å²) in [6.45, 7) is 2.04. The summed E-state index contributed by atoms with van der Waals surface area (Å²) in [7, 11) is 3.12. The van der Waals surface area contributed by atoms with Crippen molar-refractivity contribution in [3.05, 3.63) is 95.2 Å². The van der Waals surface area contributed by atoms with Gasteiger partial charge in [0.2, 0.25) is 5.90 Å². The second-order valence-corrected chi connectivity index (χ2v) is 8.91. The molecule has 0 unspecified atom stereocenters. The van der Waals surface area contributed by atoms with Crippen LogP contribution in [0.15, 0.2) is 93.4 Å². The van der Waals surface area contributed by atoms with Crippen LogP contribution in [0.2, 0.25) is 0 Å². The Morgan fingerprint density at radius 1 is 0.914 bits per heavy atom. The average Bonchev–Trinajstić information content (AvgIpc) is 3.25. The quantitative estimate of drug-likeness (QED) is 0.246. The van der Waals surface area contributed by atoms with Gasteiger partial charge in [0.1, 0.15) is 5.03 Å². The molecular weight excluding hydrogens is 460 g/mol. The van der Waals surface area contributed by atoms with E-state index in [4.69, 9.17) is 19.2 Å². The number of ether oxygens (including phenoxy) is 3. The Kier molecular flexibility index (Phi) is 6.25. The maximum Gasteiger partial charge on any atom is 0.363 e. The van der Waals surface area contributed by atoms with Crippen LogP contribution < -0.4 is 9.47 Å². The summed E-state index contributed by atoms with van der Waals surface area (Å²) in [6, 6.07) is 23.3. The largest absolute Gasteiger partial charge is 0.493 e. The van der Waals surface area contributed by atoms with Gasteiger partial charge in [-0.15, -0.1) is 0 Å². The van der Waals surface area contributed by atoms with Gasteiger partial charge in [-0.3, -0.25) is 0 Å². The van der Waals surface area contributed by atoms with Gasteiger partial charge in [-0.2, -0.15) is 0 Å². The molecule has 4 aromatic rings. The number of aromatic nitrogens is 1. The van der Waals surface area contributed by atoms with Crippen molar-refractivity contribution >= 4 is 40.6 Å². The fourth-order valence-electron chi connectivity index (χ4n) is 3.78. The number of para-hydroxylation sites is 1. The third kappa shape index (κ3) is 4.63. The smallest absolute Gasteiger partial charge is 0.363 e. The van der Waals surface area contributed by atoms with E-state index in [-0.39, 0.29) is 11.6 Å². The van der Waals surface area contributed by atoms with E-state index in [0.29, 0.717) is 17.1 Å². The van der Waals surface area contributed by atoms with E-state index in [2.05, 4.69) is 4.99 Å². The van der Waals surface area contributed by atoms with E-state index in [0.717, 1.165) is 32.0 Å². The van der Waals surface area contributed by atoms with Crippen LogP contribution in [-0.4, -0.2) is 31.1 Å². The highest BCUT2D eigenvalue weighted by molar-refractivity contribution is 7.99. The van der Waals surface area contributed by atoms with E-state index in [1.165, 1.54) is 0 Å². The summed E-state index contributed by atoms with van der Waals surface area (Å²) in [5.41, 5.74) is 3.63. The molecule has 0 amide bonds. The monoisotopic (exact) mass is 482 g/mol. The Bertz CT molecular complexity index is 1500. The lowest BCUT2D eigenvalue weighted by Gasteiger charge is -2.09. The highest BCUT2D eigenvalue weighted by atomic mass is 32.2. The molecule has 1 aromatic heterocycles. The highest BCUT2D eigenvalue weighted by Gasteiger charge is 2.25. The number of hydrogen-bond acceptors (Lipinski definition) is 7. The molecule has 0 aliphatic carbocycles. The summed E-state index contributed by atoms with van der Waals surface area (Å²) < 4.78 is 16.1. The van der Waals surface area contributed by atoms with Crippen LogP contribution in [0.5, 0.6) is 11.5 Å². The Morgan fingerprint density at radius 3 is 2.49 bits per heavy atom. The lowest BCUT2D eigenvalue weighted by molar-refractivity contribution is -0.129. The number of cyclic esters (lactones) is 1. The van der Waals surface area contributed by atoms with Crippen LogP contribution in [0, 0.1) is 6.92 Å². The van der Waals surface area contributed by atoms with Gasteiger partial charge in [0.15, 0.2) is 17.2 Å². The molecule has 1 aliphatic rings. The number of aryl methyl sites for hydroxylation is 1. The van der Waals surface area contributed by atoms with Gasteiger partial charge in [0.25, 0.3) is 0 Å². The molecule has 0 saturated carbocycles. The van der Waals surface area contributed by atoms with Gasteiger partial charge in [0.05, 0.1) is 19.7 Å². The molecule has 2 heterocycles. The number of pyridine rings is 1. The molecular formula is C28H22N2O4S. The van der Waals surface area contributed by atoms with Crippen molar-refractivity contribution in [3.63, 3.8) is 0 Å². The third-order valence-electron chi connectivity index (χ3n) is 5.54. The molecule has 35 heavy (non-hydrogen) atoms. The van der Waals surface area contributed by atoms with E-state index in [9.17, 15) is 4.79 Å². The SMILES string of the molecule is COc1ccc(C2=NC(=Cc3cc4cccc(C)c4nc3Sc3ccccc3)C(=O)O2)cc1OC. The van der Waals surface area contributed by atoms with Crippen molar-refractivity contribution in [2.45, 2.75) is 16.8 Å². The predicted octanol–water partition coefficient (Wildman–Crippen LogP) is 6.06. The van der Waals surface area contributed by atoms with E-state index < -0.39 is 5.97 Å². The zero-order valence-corrected chi connectivity index (χ0v) is 20.3. The molecule has 1 aliphatic heterocycles.